The lowest BCUT2D eigenvalue weighted by Crippen LogP contribution is -2.22. The minimum atomic E-state index is -0.279. The van der Waals surface area contributed by atoms with Gasteiger partial charge in [0.2, 0.25) is 0 Å². The third kappa shape index (κ3) is 4.83. The van der Waals surface area contributed by atoms with E-state index in [2.05, 4.69) is 15.9 Å². The van der Waals surface area contributed by atoms with E-state index in [9.17, 15) is 4.79 Å². The fourth-order valence-corrected chi connectivity index (χ4v) is 1.15. The summed E-state index contributed by atoms with van der Waals surface area (Å²) in [6.07, 6.45) is -0.241. The van der Waals surface area contributed by atoms with Crippen LogP contribution in [0.5, 0.6) is 5.75 Å². The summed E-state index contributed by atoms with van der Waals surface area (Å²) in [7, 11) is 0. The van der Waals surface area contributed by atoms with Crippen LogP contribution in [-0.2, 0) is 9.53 Å². The first-order valence-electron chi connectivity index (χ1n) is 4.65. The minimum absolute atomic E-state index is 0.211. The van der Waals surface area contributed by atoms with Gasteiger partial charge < -0.3 is 9.47 Å². The zero-order valence-electron chi connectivity index (χ0n) is 8.48. The third-order valence-corrected chi connectivity index (χ3v) is 2.13. The van der Waals surface area contributed by atoms with E-state index in [0.717, 1.165) is 5.75 Å². The molecule has 0 aliphatic rings. The molecule has 1 aromatic rings. The van der Waals surface area contributed by atoms with E-state index >= 15 is 0 Å². The van der Waals surface area contributed by atoms with E-state index < -0.39 is 0 Å². The average molecular weight is 273 g/mol. The van der Waals surface area contributed by atoms with Crippen LogP contribution in [0.1, 0.15) is 6.92 Å². The van der Waals surface area contributed by atoms with E-state index in [4.69, 9.17) is 9.47 Å². The zero-order chi connectivity index (χ0) is 11.1. The van der Waals surface area contributed by atoms with E-state index in [1.54, 1.807) is 6.92 Å². The molecule has 1 rings (SSSR count). The summed E-state index contributed by atoms with van der Waals surface area (Å²) in [6.45, 7) is 2.16. The number of esters is 1. The standard InChI is InChI=1S/C11H13BrO3/c1-9(15-11(13)7-12)8-14-10-5-3-2-4-6-10/h2-6,9H,7-8H2,1H3. The average Bonchev–Trinajstić information content (AvgIpc) is 2.27. The Hall–Kier alpha value is -1.03. The van der Waals surface area contributed by atoms with Crippen LogP contribution in [-0.4, -0.2) is 24.0 Å². The Morgan fingerprint density at radius 1 is 1.40 bits per heavy atom. The molecule has 4 heteroatoms. The van der Waals surface area contributed by atoms with Gasteiger partial charge in [-0.15, -0.1) is 0 Å². The Kier molecular flexibility index (Phi) is 5.18. The van der Waals surface area contributed by atoms with Crippen molar-refractivity contribution in [3.63, 3.8) is 0 Å². The summed E-state index contributed by atoms with van der Waals surface area (Å²) in [6, 6.07) is 9.42. The maximum Gasteiger partial charge on any atom is 0.316 e. The molecule has 1 unspecified atom stereocenters. The summed E-state index contributed by atoms with van der Waals surface area (Å²) >= 11 is 3.02. The van der Waals surface area contributed by atoms with Gasteiger partial charge in [-0.2, -0.15) is 0 Å². The molecule has 1 atom stereocenters. The van der Waals surface area contributed by atoms with Gasteiger partial charge in [-0.25, -0.2) is 0 Å². The molecule has 0 aliphatic heterocycles. The Bertz CT molecular complexity index is 300. The lowest BCUT2D eigenvalue weighted by atomic mass is 10.3. The van der Waals surface area contributed by atoms with Crippen molar-refractivity contribution in [2.24, 2.45) is 0 Å². The molecule has 0 fully saturated rings. The summed E-state index contributed by atoms with van der Waals surface area (Å²) in [4.78, 5) is 10.9. The predicted molar refractivity (Wildman–Crippen MR) is 61.3 cm³/mol. The van der Waals surface area contributed by atoms with Gasteiger partial charge in [0.15, 0.2) is 0 Å². The molecule has 0 amide bonds. The van der Waals surface area contributed by atoms with E-state index in [-0.39, 0.29) is 17.4 Å². The molecule has 0 heterocycles. The Labute approximate surface area is 97.5 Å². The molecule has 1 aromatic carbocycles. The second-order valence-electron chi connectivity index (χ2n) is 3.06. The lowest BCUT2D eigenvalue weighted by molar-refractivity contribution is -0.146. The van der Waals surface area contributed by atoms with Crippen LogP contribution in [0, 0.1) is 0 Å². The van der Waals surface area contributed by atoms with Crippen LogP contribution in [0.25, 0.3) is 0 Å². The first kappa shape index (κ1) is 12.0. The van der Waals surface area contributed by atoms with Gasteiger partial charge in [-0.3, -0.25) is 4.79 Å². The summed E-state index contributed by atoms with van der Waals surface area (Å²) < 4.78 is 10.4. The largest absolute Gasteiger partial charge is 0.490 e. The molecule has 0 saturated carbocycles. The third-order valence-electron chi connectivity index (χ3n) is 1.67. The molecule has 0 spiro atoms. The lowest BCUT2D eigenvalue weighted by Gasteiger charge is -2.13. The number of rotatable bonds is 5. The van der Waals surface area contributed by atoms with Crippen molar-refractivity contribution in [1.82, 2.24) is 0 Å². The topological polar surface area (TPSA) is 35.5 Å². The minimum Gasteiger partial charge on any atom is -0.490 e. The molecule has 0 bridgehead atoms. The second-order valence-corrected chi connectivity index (χ2v) is 3.62. The van der Waals surface area contributed by atoms with Gasteiger partial charge in [-0.05, 0) is 19.1 Å². The summed E-state index contributed by atoms with van der Waals surface area (Å²) in [5.41, 5.74) is 0. The number of hydrogen-bond acceptors (Lipinski definition) is 3. The molecule has 3 nitrogen and oxygen atoms in total. The molecule has 82 valence electrons. The quantitative estimate of drug-likeness (QED) is 0.610. The highest BCUT2D eigenvalue weighted by Crippen LogP contribution is 2.09. The van der Waals surface area contributed by atoms with Crippen molar-refractivity contribution in [2.45, 2.75) is 13.0 Å². The number of ether oxygens (including phenoxy) is 2. The van der Waals surface area contributed by atoms with Crippen molar-refractivity contribution in [3.05, 3.63) is 30.3 Å². The molecule has 0 aromatic heterocycles. The van der Waals surface area contributed by atoms with E-state index in [0.29, 0.717) is 6.61 Å². The normalized spacial score (nSPS) is 11.9. The van der Waals surface area contributed by atoms with E-state index in [1.165, 1.54) is 0 Å². The van der Waals surface area contributed by atoms with Crippen molar-refractivity contribution >= 4 is 21.9 Å². The molecule has 0 N–H and O–H groups in total. The van der Waals surface area contributed by atoms with E-state index in [1.807, 2.05) is 30.3 Å². The second kappa shape index (κ2) is 6.45. The number of carbonyl (C=O) groups is 1. The fraction of sp³-hybridized carbons (Fsp3) is 0.364. The van der Waals surface area contributed by atoms with Crippen LogP contribution >= 0.6 is 15.9 Å². The van der Waals surface area contributed by atoms with Crippen molar-refractivity contribution < 1.29 is 14.3 Å². The van der Waals surface area contributed by atoms with Gasteiger partial charge in [0, 0.05) is 0 Å². The molecular weight excluding hydrogens is 260 g/mol. The smallest absolute Gasteiger partial charge is 0.316 e. The van der Waals surface area contributed by atoms with Crippen LogP contribution < -0.4 is 4.74 Å². The van der Waals surface area contributed by atoms with Gasteiger partial charge in [0.1, 0.15) is 23.8 Å². The number of benzene rings is 1. The highest BCUT2D eigenvalue weighted by Gasteiger charge is 2.08. The van der Waals surface area contributed by atoms with Crippen LogP contribution in [0.2, 0.25) is 0 Å². The predicted octanol–water partition coefficient (Wildman–Crippen LogP) is 2.39. The van der Waals surface area contributed by atoms with Crippen molar-refractivity contribution in [1.29, 1.82) is 0 Å². The number of carbonyl (C=O) groups excluding carboxylic acids is 1. The number of hydrogen-bond donors (Lipinski definition) is 0. The summed E-state index contributed by atoms with van der Waals surface area (Å²) in [5.74, 6) is 0.499. The maximum absolute atomic E-state index is 10.9. The van der Waals surface area contributed by atoms with Crippen LogP contribution in [0.4, 0.5) is 0 Å². The Balaban J connectivity index is 2.28. The molecular formula is C11H13BrO3. The van der Waals surface area contributed by atoms with Gasteiger partial charge in [-0.1, -0.05) is 34.1 Å². The van der Waals surface area contributed by atoms with Gasteiger partial charge in [0.05, 0.1) is 0 Å². The van der Waals surface area contributed by atoms with Crippen LogP contribution in [0.3, 0.4) is 0 Å². The molecule has 0 saturated heterocycles. The Morgan fingerprint density at radius 3 is 2.67 bits per heavy atom. The van der Waals surface area contributed by atoms with Crippen molar-refractivity contribution in [3.8, 4) is 5.75 Å². The van der Waals surface area contributed by atoms with Gasteiger partial charge >= 0.3 is 5.97 Å². The highest BCUT2D eigenvalue weighted by atomic mass is 79.9. The molecule has 0 aliphatic carbocycles. The monoisotopic (exact) mass is 272 g/mol. The first-order chi connectivity index (χ1) is 7.22. The number of alkyl halides is 1. The van der Waals surface area contributed by atoms with Gasteiger partial charge in [0.25, 0.3) is 0 Å². The molecule has 15 heavy (non-hydrogen) atoms. The Morgan fingerprint density at radius 2 is 2.07 bits per heavy atom. The fourth-order valence-electron chi connectivity index (χ4n) is 1.02. The SMILES string of the molecule is CC(COc1ccccc1)OC(=O)CBr. The highest BCUT2D eigenvalue weighted by molar-refractivity contribution is 9.09. The number of halogens is 1. The first-order valence-corrected chi connectivity index (χ1v) is 5.78. The number of para-hydroxylation sites is 1. The molecule has 0 radical (unpaired) electrons. The maximum atomic E-state index is 10.9. The van der Waals surface area contributed by atoms with Crippen molar-refractivity contribution in [2.75, 3.05) is 11.9 Å². The van der Waals surface area contributed by atoms with Crippen LogP contribution in [0.15, 0.2) is 30.3 Å². The zero-order valence-corrected chi connectivity index (χ0v) is 10.1. The summed E-state index contributed by atoms with van der Waals surface area (Å²) in [5, 5.41) is 0.211.